The van der Waals surface area contributed by atoms with E-state index in [-0.39, 0.29) is 33.6 Å². The van der Waals surface area contributed by atoms with Crippen molar-refractivity contribution in [3.05, 3.63) is 100 Å². The number of carbonyl (C=O) groups excluding carboxylic acids is 5. The van der Waals surface area contributed by atoms with Crippen molar-refractivity contribution < 1.29 is 33.4 Å². The molecule has 3 aromatic rings. The summed E-state index contributed by atoms with van der Waals surface area (Å²) in [6, 6.07) is 18.3. The second-order valence-electron chi connectivity index (χ2n) is 8.87. The van der Waals surface area contributed by atoms with Crippen LogP contribution in [0.2, 0.25) is 0 Å². The molecule has 0 atom stereocenters. The Morgan fingerprint density at radius 2 is 1.48 bits per heavy atom. The zero-order valence-corrected chi connectivity index (χ0v) is 22.4. The summed E-state index contributed by atoms with van der Waals surface area (Å²) in [4.78, 5) is 63.7. The first kappa shape index (κ1) is 28.1. The molecule has 10 nitrogen and oxygen atoms in total. The number of anilines is 3. The molecule has 0 aliphatic carbocycles. The van der Waals surface area contributed by atoms with Crippen molar-refractivity contribution in [2.75, 3.05) is 22.6 Å². The van der Waals surface area contributed by atoms with Crippen LogP contribution in [-0.4, -0.2) is 42.9 Å². The van der Waals surface area contributed by atoms with Gasteiger partial charge in [0.05, 0.1) is 30.0 Å². The Bertz CT molecular complexity index is 1550. The van der Waals surface area contributed by atoms with Crippen LogP contribution in [0.5, 0.6) is 0 Å². The van der Waals surface area contributed by atoms with Crippen molar-refractivity contribution in [1.82, 2.24) is 0 Å². The summed E-state index contributed by atoms with van der Waals surface area (Å²) in [5.74, 6) is -3.04. The summed E-state index contributed by atoms with van der Waals surface area (Å²) < 4.78 is 9.85. The summed E-state index contributed by atoms with van der Waals surface area (Å²) in [6.07, 6.45) is -0.344. The van der Waals surface area contributed by atoms with Crippen LogP contribution in [0.15, 0.2) is 83.5 Å². The van der Waals surface area contributed by atoms with Gasteiger partial charge < -0.3 is 20.1 Å². The first-order valence-corrected chi connectivity index (χ1v) is 12.4. The minimum atomic E-state index is -0.771. The topological polar surface area (TPSA) is 131 Å². The second kappa shape index (κ2) is 11.8. The largest absolute Gasteiger partial charge is 0.465 e. The third-order valence-corrected chi connectivity index (χ3v) is 6.02. The van der Waals surface area contributed by atoms with E-state index in [2.05, 4.69) is 15.4 Å². The maximum atomic E-state index is 13.2. The van der Waals surface area contributed by atoms with Crippen molar-refractivity contribution in [3.8, 4) is 0 Å². The van der Waals surface area contributed by atoms with Crippen molar-refractivity contribution in [3.63, 3.8) is 0 Å². The van der Waals surface area contributed by atoms with Crippen LogP contribution in [0, 0.1) is 0 Å². The van der Waals surface area contributed by atoms with E-state index in [9.17, 15) is 24.0 Å². The van der Waals surface area contributed by atoms with Crippen LogP contribution in [0.4, 0.5) is 17.1 Å². The molecule has 0 bridgehead atoms. The lowest BCUT2D eigenvalue weighted by Crippen LogP contribution is -2.32. The van der Waals surface area contributed by atoms with E-state index < -0.39 is 29.7 Å². The van der Waals surface area contributed by atoms with Gasteiger partial charge in [-0.2, -0.15) is 0 Å². The number of nitrogens with zero attached hydrogens (tertiary/aromatic N) is 1. The normalized spacial score (nSPS) is 13.0. The average molecular weight is 562 g/mol. The molecule has 1 heterocycles. The van der Waals surface area contributed by atoms with Crippen LogP contribution >= 0.6 is 11.6 Å². The van der Waals surface area contributed by atoms with Crippen LogP contribution in [0.3, 0.4) is 0 Å². The molecule has 0 radical (unpaired) electrons. The van der Waals surface area contributed by atoms with E-state index in [0.717, 1.165) is 4.90 Å². The third-order valence-electron chi connectivity index (χ3n) is 5.67. The number of esters is 2. The summed E-state index contributed by atoms with van der Waals surface area (Å²) in [6.45, 7) is 3.42. The van der Waals surface area contributed by atoms with Crippen molar-refractivity contribution in [2.24, 2.45) is 0 Å². The fourth-order valence-corrected chi connectivity index (χ4v) is 4.01. The van der Waals surface area contributed by atoms with Gasteiger partial charge in [-0.05, 0) is 74.5 Å². The Labute approximate surface area is 234 Å². The molecule has 4 rings (SSSR count). The molecule has 0 fully saturated rings. The standard InChI is InChI=1S/C29H24ClN3O7/c1-16(2)40-29(38)19-7-5-9-22(15-19)33-26(35)23(30)24(27(33)36)31-21-8-4-6-18(14-21)25(34)32-20-12-10-17(11-13-20)28(37)39-3/h4-16,31H,1-3H3,(H,32,34). The van der Waals surface area contributed by atoms with Crippen LogP contribution in [-0.2, 0) is 19.1 Å². The highest BCUT2D eigenvalue weighted by Crippen LogP contribution is 2.31. The predicted molar refractivity (Wildman–Crippen MR) is 148 cm³/mol. The Kier molecular flexibility index (Phi) is 8.30. The molecule has 3 amide bonds. The number of halogens is 1. The van der Waals surface area contributed by atoms with E-state index in [1.807, 2.05) is 0 Å². The zero-order chi connectivity index (χ0) is 29.0. The minimum Gasteiger partial charge on any atom is -0.465 e. The van der Waals surface area contributed by atoms with Crippen LogP contribution in [0.25, 0.3) is 0 Å². The molecule has 0 saturated heterocycles. The van der Waals surface area contributed by atoms with Crippen LogP contribution in [0.1, 0.15) is 44.9 Å². The van der Waals surface area contributed by atoms with Gasteiger partial charge in [0, 0.05) is 16.9 Å². The molecule has 3 aromatic carbocycles. The molecular formula is C29H24ClN3O7. The van der Waals surface area contributed by atoms with Gasteiger partial charge in [-0.1, -0.05) is 23.7 Å². The number of amides is 3. The Morgan fingerprint density at radius 3 is 2.15 bits per heavy atom. The van der Waals surface area contributed by atoms with Gasteiger partial charge in [0.15, 0.2) is 0 Å². The van der Waals surface area contributed by atoms with Gasteiger partial charge >= 0.3 is 11.9 Å². The molecule has 204 valence electrons. The summed E-state index contributed by atoms with van der Waals surface area (Å²) in [5.41, 5.74) is 1.51. The lowest BCUT2D eigenvalue weighted by Gasteiger charge is -2.16. The second-order valence-corrected chi connectivity index (χ2v) is 9.25. The zero-order valence-electron chi connectivity index (χ0n) is 21.7. The quantitative estimate of drug-likeness (QED) is 0.298. The first-order valence-electron chi connectivity index (χ1n) is 12.1. The van der Waals surface area contributed by atoms with Gasteiger partial charge in [-0.25, -0.2) is 14.5 Å². The number of hydrogen-bond donors (Lipinski definition) is 2. The van der Waals surface area contributed by atoms with Gasteiger partial charge in [0.25, 0.3) is 17.7 Å². The SMILES string of the molecule is COC(=O)c1ccc(NC(=O)c2cccc(NC3=C(Cl)C(=O)N(c4cccc(C(=O)OC(C)C)c4)C3=O)c2)cc1. The molecule has 0 saturated carbocycles. The third kappa shape index (κ3) is 6.02. The summed E-state index contributed by atoms with van der Waals surface area (Å²) in [5, 5.41) is 5.20. The van der Waals surface area contributed by atoms with Gasteiger partial charge in [-0.15, -0.1) is 0 Å². The molecule has 40 heavy (non-hydrogen) atoms. The molecule has 11 heteroatoms. The lowest BCUT2D eigenvalue weighted by molar-refractivity contribution is -0.120. The number of benzene rings is 3. The van der Waals surface area contributed by atoms with Crippen molar-refractivity contribution in [2.45, 2.75) is 20.0 Å². The number of hydrogen-bond acceptors (Lipinski definition) is 8. The highest BCUT2D eigenvalue weighted by Gasteiger charge is 2.39. The number of methoxy groups -OCH3 is 1. The lowest BCUT2D eigenvalue weighted by atomic mass is 10.1. The highest BCUT2D eigenvalue weighted by atomic mass is 35.5. The fourth-order valence-electron chi connectivity index (χ4n) is 3.79. The maximum Gasteiger partial charge on any atom is 0.338 e. The van der Waals surface area contributed by atoms with Crippen LogP contribution < -0.4 is 15.5 Å². The van der Waals surface area contributed by atoms with E-state index >= 15 is 0 Å². The minimum absolute atomic E-state index is 0.148. The van der Waals surface area contributed by atoms with Gasteiger partial charge in [0.1, 0.15) is 10.7 Å². The number of nitrogens with one attached hydrogen (secondary N) is 2. The maximum absolute atomic E-state index is 13.2. The number of rotatable bonds is 8. The highest BCUT2D eigenvalue weighted by molar-refractivity contribution is 6.53. The number of ether oxygens (including phenoxy) is 2. The summed E-state index contributed by atoms with van der Waals surface area (Å²) >= 11 is 6.25. The smallest absolute Gasteiger partial charge is 0.338 e. The first-order chi connectivity index (χ1) is 19.1. The Balaban J connectivity index is 1.49. The molecule has 0 unspecified atom stereocenters. The number of imide groups is 1. The van der Waals surface area contributed by atoms with E-state index in [1.54, 1.807) is 44.2 Å². The Hall–Kier alpha value is -4.96. The molecule has 2 N–H and O–H groups in total. The molecular weight excluding hydrogens is 538 g/mol. The van der Waals surface area contributed by atoms with E-state index in [0.29, 0.717) is 16.9 Å². The van der Waals surface area contributed by atoms with Crippen molar-refractivity contribution in [1.29, 1.82) is 0 Å². The average Bonchev–Trinajstić information content (AvgIpc) is 3.15. The van der Waals surface area contributed by atoms with E-state index in [4.69, 9.17) is 16.3 Å². The van der Waals surface area contributed by atoms with Crippen molar-refractivity contribution >= 4 is 58.3 Å². The molecule has 1 aliphatic rings. The summed E-state index contributed by atoms with van der Waals surface area (Å²) in [7, 11) is 1.28. The predicted octanol–water partition coefficient (Wildman–Crippen LogP) is 4.73. The molecule has 1 aliphatic heterocycles. The number of carbonyl (C=O) groups is 5. The van der Waals surface area contributed by atoms with Gasteiger partial charge in [0.2, 0.25) is 0 Å². The van der Waals surface area contributed by atoms with Gasteiger partial charge in [-0.3, -0.25) is 14.4 Å². The molecule has 0 aromatic heterocycles. The van der Waals surface area contributed by atoms with E-state index in [1.165, 1.54) is 49.6 Å². The fraction of sp³-hybridized carbons (Fsp3) is 0.138. The monoisotopic (exact) mass is 561 g/mol. The molecule has 0 spiro atoms. The Morgan fingerprint density at radius 1 is 0.800 bits per heavy atom.